The molecule has 1 atom stereocenters. The van der Waals surface area contributed by atoms with Crippen LogP contribution in [0, 0.1) is 0 Å². The normalized spacial score (nSPS) is 12.2. The summed E-state index contributed by atoms with van der Waals surface area (Å²) in [5, 5.41) is 11.1. The van der Waals surface area contributed by atoms with Crippen LogP contribution in [0.3, 0.4) is 0 Å². The third-order valence-electron chi connectivity index (χ3n) is 2.86. The van der Waals surface area contributed by atoms with Gasteiger partial charge in [0.1, 0.15) is 11.5 Å². The van der Waals surface area contributed by atoms with Gasteiger partial charge in [-0.1, -0.05) is 59.9 Å². The van der Waals surface area contributed by atoms with Crippen molar-refractivity contribution in [3.8, 4) is 11.5 Å². The lowest BCUT2D eigenvalue weighted by atomic mass is 10.1. The minimum Gasteiger partial charge on any atom is -0.455 e. The first-order chi connectivity index (χ1) is 9.52. The van der Waals surface area contributed by atoms with Gasteiger partial charge < -0.3 is 9.84 Å². The van der Waals surface area contributed by atoms with Crippen LogP contribution in [0.5, 0.6) is 11.5 Å². The van der Waals surface area contributed by atoms with Gasteiger partial charge in [0.25, 0.3) is 0 Å². The number of para-hydroxylation sites is 1. The number of hydrogen-bond donors (Lipinski definition) is 1. The second-order valence-corrected chi connectivity index (χ2v) is 5.48. The standard InChI is InChI=1S/C15H13Cl3O2/c1-2-13(19)9-5-3-4-6-14(9)20-15-8-11(17)10(16)7-12(15)18/h3-8,13,19H,2H2,1H3. The summed E-state index contributed by atoms with van der Waals surface area (Å²) in [6.45, 7) is 1.90. The topological polar surface area (TPSA) is 29.5 Å². The van der Waals surface area contributed by atoms with Crippen molar-refractivity contribution in [3.05, 3.63) is 57.0 Å². The number of halogens is 3. The molecule has 106 valence electrons. The third kappa shape index (κ3) is 3.39. The van der Waals surface area contributed by atoms with E-state index in [1.54, 1.807) is 12.1 Å². The van der Waals surface area contributed by atoms with Gasteiger partial charge in [-0.3, -0.25) is 0 Å². The zero-order valence-corrected chi connectivity index (χ0v) is 13.0. The second kappa shape index (κ2) is 6.68. The van der Waals surface area contributed by atoms with Crippen LogP contribution < -0.4 is 4.74 Å². The average molecular weight is 332 g/mol. The Morgan fingerprint density at radius 3 is 2.35 bits per heavy atom. The molecule has 0 fully saturated rings. The molecule has 0 spiro atoms. The van der Waals surface area contributed by atoms with Crippen molar-refractivity contribution in [1.82, 2.24) is 0 Å². The van der Waals surface area contributed by atoms with Gasteiger partial charge >= 0.3 is 0 Å². The first-order valence-electron chi connectivity index (χ1n) is 6.12. The minimum atomic E-state index is -0.590. The molecule has 0 bridgehead atoms. The van der Waals surface area contributed by atoms with Crippen LogP contribution in [-0.4, -0.2) is 5.11 Å². The maximum atomic E-state index is 10.00. The number of aliphatic hydroxyl groups is 1. The molecule has 0 aliphatic carbocycles. The van der Waals surface area contributed by atoms with E-state index in [0.29, 0.717) is 38.6 Å². The van der Waals surface area contributed by atoms with Crippen molar-refractivity contribution in [2.75, 3.05) is 0 Å². The van der Waals surface area contributed by atoms with Crippen molar-refractivity contribution < 1.29 is 9.84 Å². The Kier molecular flexibility index (Phi) is 5.17. The molecule has 0 saturated heterocycles. The first kappa shape index (κ1) is 15.5. The predicted octanol–water partition coefficient (Wildman–Crippen LogP) is 5.88. The Hall–Kier alpha value is -0.930. The molecule has 0 aromatic heterocycles. The van der Waals surface area contributed by atoms with E-state index in [4.69, 9.17) is 39.5 Å². The molecule has 0 heterocycles. The van der Waals surface area contributed by atoms with E-state index >= 15 is 0 Å². The Morgan fingerprint density at radius 2 is 1.65 bits per heavy atom. The highest BCUT2D eigenvalue weighted by Gasteiger charge is 2.14. The van der Waals surface area contributed by atoms with E-state index in [1.807, 2.05) is 25.1 Å². The zero-order valence-electron chi connectivity index (χ0n) is 10.7. The Labute approximate surface area is 132 Å². The Balaban J connectivity index is 2.38. The van der Waals surface area contributed by atoms with E-state index in [1.165, 1.54) is 6.07 Å². The van der Waals surface area contributed by atoms with Crippen molar-refractivity contribution in [1.29, 1.82) is 0 Å². The second-order valence-electron chi connectivity index (χ2n) is 4.26. The zero-order chi connectivity index (χ0) is 14.7. The molecule has 0 radical (unpaired) electrons. The molecule has 5 heteroatoms. The quantitative estimate of drug-likeness (QED) is 0.709. The smallest absolute Gasteiger partial charge is 0.147 e. The summed E-state index contributed by atoms with van der Waals surface area (Å²) in [7, 11) is 0. The minimum absolute atomic E-state index is 0.361. The number of aliphatic hydroxyl groups excluding tert-OH is 1. The van der Waals surface area contributed by atoms with Gasteiger partial charge in [0.05, 0.1) is 21.2 Å². The third-order valence-corrected chi connectivity index (χ3v) is 3.88. The van der Waals surface area contributed by atoms with E-state index < -0.39 is 6.10 Å². The highest BCUT2D eigenvalue weighted by molar-refractivity contribution is 6.43. The monoisotopic (exact) mass is 330 g/mol. The van der Waals surface area contributed by atoms with Gasteiger partial charge in [-0.25, -0.2) is 0 Å². The number of hydrogen-bond acceptors (Lipinski definition) is 2. The van der Waals surface area contributed by atoms with E-state index in [0.717, 1.165) is 0 Å². The van der Waals surface area contributed by atoms with Gasteiger partial charge in [0.15, 0.2) is 0 Å². The van der Waals surface area contributed by atoms with Crippen molar-refractivity contribution in [2.45, 2.75) is 19.4 Å². The Bertz CT molecular complexity index is 614. The maximum Gasteiger partial charge on any atom is 0.147 e. The van der Waals surface area contributed by atoms with Crippen molar-refractivity contribution >= 4 is 34.8 Å². The van der Waals surface area contributed by atoms with Crippen LogP contribution in [0.2, 0.25) is 15.1 Å². The SMILES string of the molecule is CCC(O)c1ccccc1Oc1cc(Cl)c(Cl)cc1Cl. The highest BCUT2D eigenvalue weighted by Crippen LogP contribution is 2.38. The fourth-order valence-electron chi connectivity index (χ4n) is 1.77. The molecule has 0 amide bonds. The molecule has 0 aliphatic rings. The lowest BCUT2D eigenvalue weighted by Gasteiger charge is -2.15. The van der Waals surface area contributed by atoms with Crippen LogP contribution in [0.1, 0.15) is 25.0 Å². The molecular weight excluding hydrogens is 319 g/mol. The summed E-state index contributed by atoms with van der Waals surface area (Å²) < 4.78 is 5.76. The molecule has 1 N–H and O–H groups in total. The fraction of sp³-hybridized carbons (Fsp3) is 0.200. The van der Waals surface area contributed by atoms with Crippen LogP contribution in [0.4, 0.5) is 0 Å². The molecule has 20 heavy (non-hydrogen) atoms. The molecule has 1 unspecified atom stereocenters. The highest BCUT2D eigenvalue weighted by atomic mass is 35.5. The molecule has 0 saturated carbocycles. The summed E-state index contributed by atoms with van der Waals surface area (Å²) in [6.07, 6.45) is 0.00269. The largest absolute Gasteiger partial charge is 0.455 e. The molecule has 2 aromatic rings. The van der Waals surface area contributed by atoms with Gasteiger partial charge in [0, 0.05) is 11.6 Å². The molecular formula is C15H13Cl3O2. The molecule has 2 rings (SSSR count). The van der Waals surface area contributed by atoms with Crippen molar-refractivity contribution in [3.63, 3.8) is 0 Å². The number of ether oxygens (including phenoxy) is 1. The molecule has 0 aliphatic heterocycles. The lowest BCUT2D eigenvalue weighted by molar-refractivity contribution is 0.170. The van der Waals surface area contributed by atoms with Crippen LogP contribution in [0.25, 0.3) is 0 Å². The van der Waals surface area contributed by atoms with Gasteiger partial charge in [-0.05, 0) is 18.6 Å². The summed E-state index contributed by atoms with van der Waals surface area (Å²) in [4.78, 5) is 0. The summed E-state index contributed by atoms with van der Waals surface area (Å²) >= 11 is 17.9. The summed E-state index contributed by atoms with van der Waals surface area (Å²) in [5.41, 5.74) is 0.706. The van der Waals surface area contributed by atoms with Crippen molar-refractivity contribution in [2.24, 2.45) is 0 Å². The van der Waals surface area contributed by atoms with Crippen LogP contribution >= 0.6 is 34.8 Å². The van der Waals surface area contributed by atoms with Crippen LogP contribution in [-0.2, 0) is 0 Å². The molecule has 2 aromatic carbocycles. The van der Waals surface area contributed by atoms with Gasteiger partial charge in [-0.2, -0.15) is 0 Å². The van der Waals surface area contributed by atoms with Gasteiger partial charge in [0.2, 0.25) is 0 Å². The number of benzene rings is 2. The fourth-order valence-corrected chi connectivity index (χ4v) is 2.35. The first-order valence-corrected chi connectivity index (χ1v) is 7.25. The van der Waals surface area contributed by atoms with E-state index in [9.17, 15) is 5.11 Å². The molecule has 2 nitrogen and oxygen atoms in total. The Morgan fingerprint density at radius 1 is 1.00 bits per heavy atom. The number of rotatable bonds is 4. The summed E-state index contributed by atoms with van der Waals surface area (Å²) in [6, 6.07) is 10.3. The average Bonchev–Trinajstić information content (AvgIpc) is 2.44. The van der Waals surface area contributed by atoms with E-state index in [2.05, 4.69) is 0 Å². The predicted molar refractivity (Wildman–Crippen MR) is 83.2 cm³/mol. The lowest BCUT2D eigenvalue weighted by Crippen LogP contribution is -1.98. The van der Waals surface area contributed by atoms with Gasteiger partial charge in [-0.15, -0.1) is 0 Å². The van der Waals surface area contributed by atoms with Crippen LogP contribution in [0.15, 0.2) is 36.4 Å². The maximum absolute atomic E-state index is 10.00. The van der Waals surface area contributed by atoms with E-state index in [-0.39, 0.29) is 0 Å². The summed E-state index contributed by atoms with van der Waals surface area (Å²) in [5.74, 6) is 0.943.